The van der Waals surface area contributed by atoms with Crippen LogP contribution in [0.4, 0.5) is 13.2 Å². The Morgan fingerprint density at radius 2 is 2.08 bits per heavy atom. The number of piperidine rings is 1. The van der Waals surface area contributed by atoms with E-state index < -0.39 is 24.2 Å². The van der Waals surface area contributed by atoms with Crippen molar-refractivity contribution >= 4 is 5.91 Å². The number of carbonyl (C=O) groups is 1. The van der Waals surface area contributed by atoms with Gasteiger partial charge in [0.25, 0.3) is 0 Å². The van der Waals surface area contributed by atoms with Gasteiger partial charge in [-0.2, -0.15) is 13.2 Å². The number of carbonyl (C=O) groups excluding carboxylic acids is 1. The van der Waals surface area contributed by atoms with E-state index in [0.717, 1.165) is 32.4 Å². The molecule has 1 unspecified atom stereocenters. The van der Waals surface area contributed by atoms with Gasteiger partial charge in [0.05, 0.1) is 6.33 Å². The molecule has 1 N–H and O–H groups in total. The predicted octanol–water partition coefficient (Wildman–Crippen LogP) is 2.79. The number of likely N-dealkylation sites (tertiary alicyclic amines) is 1. The lowest BCUT2D eigenvalue weighted by atomic mass is 9.86. The van der Waals surface area contributed by atoms with Crippen LogP contribution in [-0.4, -0.2) is 52.7 Å². The van der Waals surface area contributed by atoms with Crippen LogP contribution in [0.5, 0.6) is 0 Å². The molecule has 2 heterocycles. The van der Waals surface area contributed by atoms with Gasteiger partial charge in [-0.05, 0) is 25.3 Å². The third-order valence-corrected chi connectivity index (χ3v) is 5.09. The summed E-state index contributed by atoms with van der Waals surface area (Å²) in [4.78, 5) is 18.9. The fourth-order valence-corrected chi connectivity index (χ4v) is 3.56. The van der Waals surface area contributed by atoms with Gasteiger partial charge in [-0.1, -0.05) is 26.7 Å². The average molecular weight is 360 g/mol. The van der Waals surface area contributed by atoms with Crippen LogP contribution in [-0.2, 0) is 10.3 Å². The third-order valence-electron chi connectivity index (χ3n) is 5.09. The third kappa shape index (κ3) is 4.96. The summed E-state index contributed by atoms with van der Waals surface area (Å²) in [5.41, 5.74) is -1.04. The number of rotatable bonds is 7. The molecule has 0 bridgehead atoms. The van der Waals surface area contributed by atoms with Gasteiger partial charge in [0.15, 0.2) is 0 Å². The molecule has 1 saturated heterocycles. The number of halogens is 3. The molecule has 1 atom stereocenters. The van der Waals surface area contributed by atoms with Crippen molar-refractivity contribution in [2.24, 2.45) is 5.92 Å². The molecular formula is C17H27F3N4O. The zero-order valence-corrected chi connectivity index (χ0v) is 14.9. The van der Waals surface area contributed by atoms with Gasteiger partial charge < -0.3 is 14.8 Å². The van der Waals surface area contributed by atoms with Gasteiger partial charge in [-0.25, -0.2) is 4.98 Å². The normalized spacial score (nSPS) is 22.3. The summed E-state index contributed by atoms with van der Waals surface area (Å²) in [6, 6.07) is 0. The van der Waals surface area contributed by atoms with Crippen LogP contribution < -0.4 is 5.32 Å². The van der Waals surface area contributed by atoms with Crippen molar-refractivity contribution in [2.75, 3.05) is 26.2 Å². The largest absolute Gasteiger partial charge is 0.405 e. The zero-order chi connectivity index (χ0) is 18.5. The lowest BCUT2D eigenvalue weighted by Gasteiger charge is -2.43. The summed E-state index contributed by atoms with van der Waals surface area (Å²) in [6.07, 6.45) is 3.68. The van der Waals surface area contributed by atoms with Crippen molar-refractivity contribution in [3.63, 3.8) is 0 Å². The molecule has 0 saturated carbocycles. The summed E-state index contributed by atoms with van der Waals surface area (Å²) < 4.78 is 39.3. The van der Waals surface area contributed by atoms with E-state index in [4.69, 9.17) is 0 Å². The number of nitrogens with one attached hydrogen (secondary N) is 1. The van der Waals surface area contributed by atoms with E-state index in [1.165, 1.54) is 6.33 Å². The maximum absolute atomic E-state index is 12.7. The van der Waals surface area contributed by atoms with E-state index in [1.807, 2.05) is 0 Å². The molecular weight excluding hydrogens is 333 g/mol. The van der Waals surface area contributed by atoms with E-state index >= 15 is 0 Å². The average Bonchev–Trinajstić information content (AvgIpc) is 3.12. The second kappa shape index (κ2) is 8.21. The van der Waals surface area contributed by atoms with Crippen LogP contribution >= 0.6 is 0 Å². The Labute approximate surface area is 146 Å². The van der Waals surface area contributed by atoms with Gasteiger partial charge in [-0.15, -0.1) is 0 Å². The highest BCUT2D eigenvalue weighted by Crippen LogP contribution is 2.30. The van der Waals surface area contributed by atoms with Crippen molar-refractivity contribution in [1.82, 2.24) is 19.8 Å². The first-order valence-electron chi connectivity index (χ1n) is 8.86. The lowest BCUT2D eigenvalue weighted by molar-refractivity contribution is -0.146. The van der Waals surface area contributed by atoms with E-state index in [1.54, 1.807) is 17.0 Å². The van der Waals surface area contributed by atoms with E-state index in [0.29, 0.717) is 18.9 Å². The number of nitrogens with zero attached hydrogens (tertiary/aromatic N) is 3. The van der Waals surface area contributed by atoms with E-state index in [-0.39, 0.29) is 0 Å². The second-order valence-electron chi connectivity index (χ2n) is 6.82. The smallest absolute Gasteiger partial charge is 0.345 e. The topological polar surface area (TPSA) is 50.2 Å². The first kappa shape index (κ1) is 19.8. The van der Waals surface area contributed by atoms with Gasteiger partial charge >= 0.3 is 6.18 Å². The highest BCUT2D eigenvalue weighted by atomic mass is 19.4. The van der Waals surface area contributed by atoms with Gasteiger partial charge in [0.1, 0.15) is 12.1 Å². The lowest BCUT2D eigenvalue weighted by Crippen LogP contribution is -2.59. The van der Waals surface area contributed by atoms with Crippen molar-refractivity contribution < 1.29 is 18.0 Å². The first-order chi connectivity index (χ1) is 11.8. The number of imidazole rings is 1. The molecule has 25 heavy (non-hydrogen) atoms. The van der Waals surface area contributed by atoms with Crippen molar-refractivity contribution in [3.05, 3.63) is 18.7 Å². The van der Waals surface area contributed by atoms with Crippen molar-refractivity contribution in [3.8, 4) is 0 Å². The quantitative estimate of drug-likeness (QED) is 0.813. The molecule has 1 aromatic rings. The summed E-state index contributed by atoms with van der Waals surface area (Å²) >= 11 is 0. The molecule has 0 aromatic carbocycles. The SMILES string of the molecule is CCC(CC)CN1CCCC(C(=O)NCC(F)(F)F)(n2ccnc2)C1. The highest BCUT2D eigenvalue weighted by Gasteiger charge is 2.45. The first-order valence-corrected chi connectivity index (χ1v) is 8.86. The predicted molar refractivity (Wildman–Crippen MR) is 89.0 cm³/mol. The monoisotopic (exact) mass is 360 g/mol. The van der Waals surface area contributed by atoms with E-state index in [9.17, 15) is 18.0 Å². The number of hydrogen-bond donors (Lipinski definition) is 1. The Balaban J connectivity index is 2.19. The molecule has 2 rings (SSSR count). The van der Waals surface area contributed by atoms with Crippen LogP contribution in [0, 0.1) is 5.92 Å². The van der Waals surface area contributed by atoms with Crippen LogP contribution in [0.2, 0.25) is 0 Å². The summed E-state index contributed by atoms with van der Waals surface area (Å²) in [5.74, 6) is -0.0612. The Kier molecular flexibility index (Phi) is 6.48. The number of aromatic nitrogens is 2. The molecule has 0 radical (unpaired) electrons. The summed E-state index contributed by atoms with van der Waals surface area (Å²) in [6.45, 7) is 5.09. The van der Waals surface area contributed by atoms with Crippen molar-refractivity contribution in [1.29, 1.82) is 0 Å². The maximum atomic E-state index is 12.7. The minimum atomic E-state index is -4.42. The molecule has 0 aliphatic carbocycles. The fourth-order valence-electron chi connectivity index (χ4n) is 3.56. The Hall–Kier alpha value is -1.57. The number of amides is 1. The second-order valence-corrected chi connectivity index (χ2v) is 6.82. The Morgan fingerprint density at radius 1 is 1.36 bits per heavy atom. The standard InChI is InChI=1S/C17H27F3N4O/c1-3-14(4-2)10-23-8-5-6-16(12-23,24-9-7-21-13-24)15(25)22-11-17(18,19)20/h7,9,13-14H,3-6,8,10-12H2,1-2H3,(H,22,25). The van der Waals surface area contributed by atoms with Gasteiger partial charge in [-0.3, -0.25) is 4.79 Å². The fraction of sp³-hybridized carbons (Fsp3) is 0.765. The molecule has 5 nitrogen and oxygen atoms in total. The van der Waals surface area contributed by atoms with Gasteiger partial charge in [0, 0.05) is 25.5 Å². The molecule has 1 aliphatic rings. The summed E-state index contributed by atoms with van der Waals surface area (Å²) in [5, 5.41) is 2.08. The molecule has 1 amide bonds. The number of alkyl halides is 3. The highest BCUT2D eigenvalue weighted by molar-refractivity contribution is 5.85. The van der Waals surface area contributed by atoms with E-state index in [2.05, 4.69) is 29.0 Å². The molecule has 142 valence electrons. The zero-order valence-electron chi connectivity index (χ0n) is 14.9. The molecule has 1 aromatic heterocycles. The maximum Gasteiger partial charge on any atom is 0.405 e. The summed E-state index contributed by atoms with van der Waals surface area (Å²) in [7, 11) is 0. The molecule has 1 aliphatic heterocycles. The Bertz CT molecular complexity index is 543. The van der Waals surface area contributed by atoms with Crippen LogP contribution in [0.25, 0.3) is 0 Å². The molecule has 0 spiro atoms. The minimum absolute atomic E-state index is 0.406. The van der Waals surface area contributed by atoms with Crippen LogP contribution in [0.1, 0.15) is 39.5 Å². The number of hydrogen-bond acceptors (Lipinski definition) is 3. The van der Waals surface area contributed by atoms with Crippen molar-refractivity contribution in [2.45, 2.75) is 51.2 Å². The van der Waals surface area contributed by atoms with Crippen LogP contribution in [0.3, 0.4) is 0 Å². The molecule has 1 fully saturated rings. The minimum Gasteiger partial charge on any atom is -0.345 e. The molecule has 8 heteroatoms. The van der Waals surface area contributed by atoms with Crippen LogP contribution in [0.15, 0.2) is 18.7 Å². The Morgan fingerprint density at radius 3 is 2.64 bits per heavy atom. The van der Waals surface area contributed by atoms with Gasteiger partial charge in [0.2, 0.25) is 5.91 Å².